The normalized spacial score (nSPS) is 11.0. The molecule has 0 heterocycles. The van der Waals surface area contributed by atoms with Gasteiger partial charge in [0.05, 0.1) is 17.9 Å². The predicted octanol–water partition coefficient (Wildman–Crippen LogP) is 3.51. The van der Waals surface area contributed by atoms with E-state index in [0.29, 0.717) is 5.69 Å². The number of carbonyl (C=O) groups is 2. The molecule has 0 aliphatic heterocycles. The predicted molar refractivity (Wildman–Crippen MR) is 116 cm³/mol. The van der Waals surface area contributed by atoms with E-state index < -0.39 is 21.9 Å². The fourth-order valence-corrected chi connectivity index (χ4v) is 3.86. The second-order valence-corrected chi connectivity index (χ2v) is 8.43. The van der Waals surface area contributed by atoms with E-state index >= 15 is 0 Å². The number of hydrogen-bond donors (Lipinski definition) is 2. The van der Waals surface area contributed by atoms with Crippen molar-refractivity contribution in [2.75, 3.05) is 17.9 Å². The summed E-state index contributed by atoms with van der Waals surface area (Å²) in [6.45, 7) is 4.22. The van der Waals surface area contributed by atoms with Gasteiger partial charge in [0.2, 0.25) is 0 Å². The van der Waals surface area contributed by atoms with Crippen molar-refractivity contribution in [1.29, 1.82) is 0 Å². The third kappa shape index (κ3) is 7.18. The maximum absolute atomic E-state index is 12.7. The smallest absolute Gasteiger partial charge is 0.307 e. The van der Waals surface area contributed by atoms with Crippen molar-refractivity contribution >= 4 is 27.6 Å². The fraction of sp³-hybridized carbons (Fsp3) is 0.364. The number of aryl methyl sites for hydroxylation is 1. The maximum atomic E-state index is 12.7. The van der Waals surface area contributed by atoms with Crippen molar-refractivity contribution < 1.29 is 22.7 Å². The number of rotatable bonds is 11. The first-order chi connectivity index (χ1) is 14.4. The van der Waals surface area contributed by atoms with E-state index in [0.717, 1.165) is 24.8 Å². The highest BCUT2D eigenvalue weighted by Crippen LogP contribution is 2.18. The molecule has 0 aliphatic carbocycles. The summed E-state index contributed by atoms with van der Waals surface area (Å²) in [4.78, 5) is 23.6. The quantitative estimate of drug-likeness (QED) is 0.529. The Labute approximate surface area is 177 Å². The summed E-state index contributed by atoms with van der Waals surface area (Å²) in [6.07, 6.45) is 3.19. The van der Waals surface area contributed by atoms with Crippen molar-refractivity contribution in [1.82, 2.24) is 5.32 Å². The van der Waals surface area contributed by atoms with Gasteiger partial charge >= 0.3 is 5.97 Å². The highest BCUT2D eigenvalue weighted by molar-refractivity contribution is 7.92. The minimum atomic E-state index is -3.84. The van der Waals surface area contributed by atoms with Gasteiger partial charge in [-0.1, -0.05) is 31.5 Å². The van der Waals surface area contributed by atoms with Gasteiger partial charge in [0, 0.05) is 17.8 Å². The number of nitrogens with one attached hydrogen (secondary N) is 2. The van der Waals surface area contributed by atoms with E-state index in [9.17, 15) is 18.0 Å². The Morgan fingerprint density at radius 2 is 1.77 bits per heavy atom. The van der Waals surface area contributed by atoms with Crippen LogP contribution in [0, 0.1) is 0 Å². The number of hydrogen-bond acceptors (Lipinski definition) is 5. The van der Waals surface area contributed by atoms with Crippen molar-refractivity contribution in [3.8, 4) is 0 Å². The third-order valence-corrected chi connectivity index (χ3v) is 5.73. The molecule has 2 aromatic rings. The molecule has 2 aromatic carbocycles. The summed E-state index contributed by atoms with van der Waals surface area (Å²) in [5, 5.41) is 2.58. The number of esters is 1. The Hall–Kier alpha value is -2.87. The van der Waals surface area contributed by atoms with Crippen LogP contribution in [0.15, 0.2) is 53.4 Å². The van der Waals surface area contributed by atoms with Gasteiger partial charge in [0.15, 0.2) is 0 Å². The number of anilines is 1. The number of unbranched alkanes of at least 4 members (excludes halogenated alkanes) is 1. The third-order valence-electron chi connectivity index (χ3n) is 4.35. The molecule has 7 nitrogen and oxygen atoms in total. The summed E-state index contributed by atoms with van der Waals surface area (Å²) in [7, 11) is -3.84. The molecule has 0 unspecified atom stereocenters. The van der Waals surface area contributed by atoms with E-state index in [2.05, 4.69) is 17.0 Å². The van der Waals surface area contributed by atoms with E-state index in [-0.39, 0.29) is 30.0 Å². The lowest BCUT2D eigenvalue weighted by molar-refractivity contribution is -0.142. The highest BCUT2D eigenvalue weighted by atomic mass is 32.2. The number of ether oxygens (including phenoxy) is 1. The Balaban J connectivity index is 2.02. The molecule has 0 spiro atoms. The lowest BCUT2D eigenvalue weighted by Crippen LogP contribution is -2.26. The van der Waals surface area contributed by atoms with E-state index in [1.807, 2.05) is 12.1 Å². The molecule has 30 heavy (non-hydrogen) atoms. The summed E-state index contributed by atoms with van der Waals surface area (Å²) >= 11 is 0. The molecule has 1 amide bonds. The average Bonchev–Trinajstić information content (AvgIpc) is 2.73. The van der Waals surface area contributed by atoms with E-state index in [4.69, 9.17) is 4.74 Å². The summed E-state index contributed by atoms with van der Waals surface area (Å²) in [6, 6.07) is 13.0. The monoisotopic (exact) mass is 432 g/mol. The first kappa shape index (κ1) is 23.4. The molecular formula is C22H28N2O5S. The maximum Gasteiger partial charge on any atom is 0.307 e. The topological polar surface area (TPSA) is 102 Å². The number of benzene rings is 2. The van der Waals surface area contributed by atoms with Crippen LogP contribution in [0.5, 0.6) is 0 Å². The van der Waals surface area contributed by atoms with Gasteiger partial charge in [-0.3, -0.25) is 14.3 Å². The van der Waals surface area contributed by atoms with Crippen LogP contribution in [0.1, 0.15) is 49.0 Å². The van der Waals surface area contributed by atoms with Gasteiger partial charge in [-0.2, -0.15) is 0 Å². The zero-order chi connectivity index (χ0) is 22.0. The molecular weight excluding hydrogens is 404 g/mol. The lowest BCUT2D eigenvalue weighted by atomic mass is 10.1. The van der Waals surface area contributed by atoms with Crippen LogP contribution in [-0.2, 0) is 26.0 Å². The average molecular weight is 433 g/mol. The highest BCUT2D eigenvalue weighted by Gasteiger charge is 2.17. The Morgan fingerprint density at radius 1 is 1.03 bits per heavy atom. The van der Waals surface area contributed by atoms with Crippen molar-refractivity contribution in [3.63, 3.8) is 0 Å². The van der Waals surface area contributed by atoms with Crippen LogP contribution in [0.3, 0.4) is 0 Å². The first-order valence-electron chi connectivity index (χ1n) is 10.0. The van der Waals surface area contributed by atoms with Crippen LogP contribution >= 0.6 is 0 Å². The molecule has 0 radical (unpaired) electrons. The van der Waals surface area contributed by atoms with Gasteiger partial charge in [-0.25, -0.2) is 8.42 Å². The standard InChI is InChI=1S/C22H28N2O5S/c1-3-5-7-17-10-12-19(13-11-17)24-30(27,28)20-9-6-8-18(16-20)22(26)23-15-14-21(25)29-4-2/h6,8-13,16,24H,3-5,7,14-15H2,1-2H3,(H,23,26). The number of carbonyl (C=O) groups excluding carboxylic acids is 2. The lowest BCUT2D eigenvalue weighted by Gasteiger charge is -2.10. The molecule has 2 rings (SSSR count). The Morgan fingerprint density at radius 3 is 2.43 bits per heavy atom. The second kappa shape index (κ2) is 11.3. The molecule has 0 fully saturated rings. The van der Waals surface area contributed by atoms with Gasteiger partial charge in [0.25, 0.3) is 15.9 Å². The van der Waals surface area contributed by atoms with Gasteiger partial charge in [0.1, 0.15) is 0 Å². The zero-order valence-electron chi connectivity index (χ0n) is 17.3. The molecule has 0 saturated heterocycles. The van der Waals surface area contributed by atoms with Crippen LogP contribution in [0.25, 0.3) is 0 Å². The fourth-order valence-electron chi connectivity index (χ4n) is 2.75. The summed E-state index contributed by atoms with van der Waals surface area (Å²) in [5.74, 6) is -0.865. The molecule has 0 atom stereocenters. The van der Waals surface area contributed by atoms with Gasteiger partial charge < -0.3 is 10.1 Å². The van der Waals surface area contributed by atoms with Gasteiger partial charge in [-0.05, 0) is 55.7 Å². The van der Waals surface area contributed by atoms with E-state index in [1.165, 1.54) is 24.3 Å². The van der Waals surface area contributed by atoms with Crippen LogP contribution < -0.4 is 10.0 Å². The molecule has 162 valence electrons. The molecule has 0 aromatic heterocycles. The number of amides is 1. The van der Waals surface area contributed by atoms with Gasteiger partial charge in [-0.15, -0.1) is 0 Å². The molecule has 0 saturated carbocycles. The van der Waals surface area contributed by atoms with Crippen LogP contribution in [0.2, 0.25) is 0 Å². The van der Waals surface area contributed by atoms with Crippen LogP contribution in [-0.4, -0.2) is 33.4 Å². The summed E-state index contributed by atoms with van der Waals surface area (Å²) < 4.78 is 32.7. The Bertz CT molecular complexity index is 956. The molecule has 8 heteroatoms. The van der Waals surface area contributed by atoms with Crippen molar-refractivity contribution in [2.45, 2.75) is 44.4 Å². The minimum absolute atomic E-state index is 0.0180. The first-order valence-corrected chi connectivity index (χ1v) is 11.5. The second-order valence-electron chi connectivity index (χ2n) is 6.74. The van der Waals surface area contributed by atoms with Crippen molar-refractivity contribution in [2.24, 2.45) is 0 Å². The van der Waals surface area contributed by atoms with E-state index in [1.54, 1.807) is 19.1 Å². The van der Waals surface area contributed by atoms with Crippen LogP contribution in [0.4, 0.5) is 5.69 Å². The zero-order valence-corrected chi connectivity index (χ0v) is 18.1. The molecule has 0 aliphatic rings. The number of sulfonamides is 1. The largest absolute Gasteiger partial charge is 0.466 e. The Kier molecular flexibility index (Phi) is 8.86. The molecule has 0 bridgehead atoms. The van der Waals surface area contributed by atoms with Crippen molar-refractivity contribution in [3.05, 3.63) is 59.7 Å². The minimum Gasteiger partial charge on any atom is -0.466 e. The molecule has 2 N–H and O–H groups in total. The summed E-state index contributed by atoms with van der Waals surface area (Å²) in [5.41, 5.74) is 1.80. The SMILES string of the molecule is CCCCc1ccc(NS(=O)(=O)c2cccc(C(=O)NCCC(=O)OCC)c2)cc1.